The molecule has 3 aliphatic rings. The van der Waals surface area contributed by atoms with Gasteiger partial charge < -0.3 is 19.3 Å². The van der Waals surface area contributed by atoms with Crippen LogP contribution in [0, 0.1) is 17.2 Å². The number of carbonyl (C=O) groups excluding carboxylic acids is 3. The highest BCUT2D eigenvalue weighted by Gasteiger charge is 2.36. The van der Waals surface area contributed by atoms with Gasteiger partial charge in [0.25, 0.3) is 0 Å². The van der Waals surface area contributed by atoms with E-state index in [-0.39, 0.29) is 24.0 Å². The van der Waals surface area contributed by atoms with Crippen molar-refractivity contribution in [3.8, 4) is 6.07 Å². The highest BCUT2D eigenvalue weighted by atomic mass is 16.2. The van der Waals surface area contributed by atoms with Crippen molar-refractivity contribution in [2.75, 3.05) is 40.3 Å². The topological polar surface area (TPSA) is 107 Å². The molecule has 0 saturated carbocycles. The normalized spacial score (nSPS) is 18.1. The molecule has 1 aliphatic carbocycles. The fourth-order valence-corrected chi connectivity index (χ4v) is 6.99. The maximum atomic E-state index is 13.6. The van der Waals surface area contributed by atoms with Crippen LogP contribution in [-0.4, -0.2) is 86.5 Å². The zero-order chi connectivity index (χ0) is 29.8. The van der Waals surface area contributed by atoms with E-state index in [1.807, 2.05) is 57.9 Å². The molecule has 1 saturated heterocycles. The molecule has 1 fully saturated rings. The van der Waals surface area contributed by atoms with Crippen molar-refractivity contribution in [3.63, 3.8) is 0 Å². The third-order valence-corrected chi connectivity index (χ3v) is 9.19. The zero-order valence-electron chi connectivity index (χ0n) is 24.4. The number of nitrogens with zero attached hydrogens (tertiary/aromatic N) is 7. The molecule has 7 rings (SSSR count). The van der Waals surface area contributed by atoms with Gasteiger partial charge in [0.15, 0.2) is 11.6 Å². The quantitative estimate of drug-likeness (QED) is 0.343. The number of benzene rings is 1. The van der Waals surface area contributed by atoms with Gasteiger partial charge in [-0.25, -0.2) is 9.78 Å². The lowest BCUT2D eigenvalue weighted by Gasteiger charge is -2.33. The van der Waals surface area contributed by atoms with Gasteiger partial charge in [0, 0.05) is 62.1 Å². The summed E-state index contributed by atoms with van der Waals surface area (Å²) < 4.78 is 3.90. The second kappa shape index (κ2) is 10.5. The number of Topliss-reactive ketones (excluding diaryl/α,β-unsaturated/α-hetero) is 2. The van der Waals surface area contributed by atoms with E-state index in [9.17, 15) is 19.6 Å². The van der Waals surface area contributed by atoms with E-state index in [1.54, 1.807) is 12.3 Å². The number of urea groups is 1. The summed E-state index contributed by atoms with van der Waals surface area (Å²) in [6.45, 7) is 4.21. The number of likely N-dealkylation sites (tertiary alicyclic amines) is 1. The third-order valence-electron chi connectivity index (χ3n) is 9.19. The molecular weight excluding hydrogens is 542 g/mol. The minimum atomic E-state index is -0.238. The number of hydrogen-bond donors (Lipinski definition) is 0. The van der Waals surface area contributed by atoms with Crippen LogP contribution in [0.1, 0.15) is 41.6 Å². The number of nitriles is 1. The highest BCUT2D eigenvalue weighted by molar-refractivity contribution is 6.51. The predicted molar refractivity (Wildman–Crippen MR) is 162 cm³/mol. The van der Waals surface area contributed by atoms with E-state index in [2.05, 4.69) is 27.6 Å². The van der Waals surface area contributed by atoms with Crippen LogP contribution in [0.15, 0.2) is 48.9 Å². The Bertz CT molecular complexity index is 1880. The summed E-state index contributed by atoms with van der Waals surface area (Å²) in [5, 5.41) is 10.7. The summed E-state index contributed by atoms with van der Waals surface area (Å²) in [5.41, 5.74) is 4.83. The van der Waals surface area contributed by atoms with Crippen LogP contribution in [0.25, 0.3) is 27.7 Å². The smallest absolute Gasteiger partial charge is 0.320 e. The van der Waals surface area contributed by atoms with Crippen molar-refractivity contribution in [2.24, 2.45) is 5.92 Å². The number of hydrogen-bond acceptors (Lipinski definition) is 6. The van der Waals surface area contributed by atoms with E-state index < -0.39 is 0 Å². The number of ketones is 2. The average molecular weight is 576 g/mol. The number of carbonyl (C=O) groups is 3. The molecule has 4 aromatic rings. The van der Waals surface area contributed by atoms with Gasteiger partial charge in [-0.2, -0.15) is 5.26 Å². The van der Waals surface area contributed by atoms with Gasteiger partial charge in [0.05, 0.1) is 41.0 Å². The Morgan fingerprint density at radius 1 is 1.09 bits per heavy atom. The average Bonchev–Trinajstić information content (AvgIpc) is 3.63. The van der Waals surface area contributed by atoms with E-state index in [4.69, 9.17) is 0 Å². The standard InChI is InChI=1S/C33H33N7O3/c1-36-9-6-21(7-10-36)18-37(2)33(43)39-12-11-38-20-25(24-14-22(16-34)13-23(19-39)32(24)38)30-27(41)15-28(42)31(30)26-17-35-29-5-3-4-8-40(26)29/h3-5,8,13-14,17,20-21H,6-7,9-12,15,18-19H2,1-2H3. The molecule has 0 unspecified atom stereocenters. The minimum absolute atomic E-state index is 0.0189. The van der Waals surface area contributed by atoms with Gasteiger partial charge in [-0.1, -0.05) is 6.07 Å². The number of piperidine rings is 1. The first-order chi connectivity index (χ1) is 20.8. The summed E-state index contributed by atoms with van der Waals surface area (Å²) in [6, 6.07) is 11.5. The second-order valence-corrected chi connectivity index (χ2v) is 12.1. The van der Waals surface area contributed by atoms with Crippen molar-refractivity contribution in [1.29, 1.82) is 5.26 Å². The lowest BCUT2D eigenvalue weighted by molar-refractivity contribution is -0.119. The molecule has 0 radical (unpaired) electrons. The highest BCUT2D eigenvalue weighted by Crippen LogP contribution is 2.41. The monoisotopic (exact) mass is 575 g/mol. The third kappa shape index (κ3) is 4.61. The van der Waals surface area contributed by atoms with Crippen molar-refractivity contribution >= 4 is 45.3 Å². The molecule has 2 aliphatic heterocycles. The molecule has 10 heteroatoms. The zero-order valence-corrected chi connectivity index (χ0v) is 24.4. The van der Waals surface area contributed by atoms with Gasteiger partial charge in [-0.3, -0.25) is 14.0 Å². The SMILES string of the molecule is CN1CCC(CN(C)C(=O)N2CCn3cc(C4=C(c5cnc6ccccn56)C(=O)CC4=O)c4cc(C#N)cc(c43)C2)CC1. The molecule has 0 atom stereocenters. The molecular formula is C33H33N7O3. The van der Waals surface area contributed by atoms with Crippen LogP contribution in [0.5, 0.6) is 0 Å². The summed E-state index contributed by atoms with van der Waals surface area (Å²) in [6.07, 6.45) is 7.36. The molecule has 0 bridgehead atoms. The summed E-state index contributed by atoms with van der Waals surface area (Å²) in [4.78, 5) is 50.8. The van der Waals surface area contributed by atoms with Gasteiger partial charge in [0.1, 0.15) is 5.65 Å². The Balaban J connectivity index is 1.28. The Hall–Kier alpha value is -4.75. The second-order valence-electron chi connectivity index (χ2n) is 12.1. The van der Waals surface area contributed by atoms with Crippen molar-refractivity contribution in [3.05, 3.63) is 71.3 Å². The molecule has 0 N–H and O–H groups in total. The largest absolute Gasteiger partial charge is 0.345 e. The van der Waals surface area contributed by atoms with Crippen molar-refractivity contribution < 1.29 is 14.4 Å². The molecule has 10 nitrogen and oxygen atoms in total. The van der Waals surface area contributed by atoms with Gasteiger partial charge in [0.2, 0.25) is 0 Å². The Labute approximate surface area is 249 Å². The fourth-order valence-electron chi connectivity index (χ4n) is 6.99. The Morgan fingerprint density at radius 3 is 2.67 bits per heavy atom. The molecule has 43 heavy (non-hydrogen) atoms. The summed E-state index contributed by atoms with van der Waals surface area (Å²) >= 11 is 0. The van der Waals surface area contributed by atoms with Crippen LogP contribution in [-0.2, 0) is 22.7 Å². The van der Waals surface area contributed by atoms with Crippen LogP contribution in [0.3, 0.4) is 0 Å². The van der Waals surface area contributed by atoms with E-state index in [0.717, 1.165) is 48.9 Å². The molecule has 5 heterocycles. The van der Waals surface area contributed by atoms with Crippen LogP contribution < -0.4 is 0 Å². The maximum absolute atomic E-state index is 13.6. The van der Waals surface area contributed by atoms with Gasteiger partial charge >= 0.3 is 6.03 Å². The first-order valence-corrected chi connectivity index (χ1v) is 14.8. The van der Waals surface area contributed by atoms with Gasteiger partial charge in [-0.05, 0) is 68.7 Å². The van der Waals surface area contributed by atoms with Crippen LogP contribution >= 0.6 is 0 Å². The molecule has 218 valence electrons. The van der Waals surface area contributed by atoms with Crippen LogP contribution in [0.4, 0.5) is 4.79 Å². The van der Waals surface area contributed by atoms with Crippen molar-refractivity contribution in [1.82, 2.24) is 28.7 Å². The summed E-state index contributed by atoms with van der Waals surface area (Å²) in [7, 11) is 4.01. The Kier molecular flexibility index (Phi) is 6.62. The van der Waals surface area contributed by atoms with E-state index in [1.165, 1.54) is 0 Å². The molecule has 3 aromatic heterocycles. The molecule has 2 amide bonds. The summed E-state index contributed by atoms with van der Waals surface area (Å²) in [5.74, 6) is 0.0158. The number of imidazole rings is 1. The maximum Gasteiger partial charge on any atom is 0.320 e. The lowest BCUT2D eigenvalue weighted by atomic mass is 9.96. The number of rotatable bonds is 4. The predicted octanol–water partition coefficient (Wildman–Crippen LogP) is 3.82. The first-order valence-electron chi connectivity index (χ1n) is 14.8. The number of fused-ring (bicyclic) bond motifs is 1. The number of pyridine rings is 1. The van der Waals surface area contributed by atoms with E-state index in [0.29, 0.717) is 59.2 Å². The number of aromatic nitrogens is 3. The minimum Gasteiger partial charge on any atom is -0.345 e. The van der Waals surface area contributed by atoms with E-state index >= 15 is 0 Å². The van der Waals surface area contributed by atoms with Crippen molar-refractivity contribution in [2.45, 2.75) is 32.4 Å². The van der Waals surface area contributed by atoms with Crippen LogP contribution in [0.2, 0.25) is 0 Å². The first kappa shape index (κ1) is 27.1. The lowest BCUT2D eigenvalue weighted by Crippen LogP contribution is -2.44. The van der Waals surface area contributed by atoms with Gasteiger partial charge in [-0.15, -0.1) is 0 Å². The molecule has 0 spiro atoms. The Morgan fingerprint density at radius 2 is 1.88 bits per heavy atom. The number of allylic oxidation sites excluding steroid dienone is 2. The fraction of sp³-hybridized carbons (Fsp3) is 0.364. The number of amides is 2. The molecule has 1 aromatic carbocycles.